The van der Waals surface area contributed by atoms with E-state index in [1.807, 2.05) is 73.3 Å². The van der Waals surface area contributed by atoms with Crippen LogP contribution in [0, 0.1) is 0 Å². The molecule has 6 rings (SSSR count). The highest BCUT2D eigenvalue weighted by molar-refractivity contribution is 5.57. The number of hydrogen-bond donors (Lipinski definition) is 0. The first kappa shape index (κ1) is 47.7. The van der Waals surface area contributed by atoms with Crippen molar-refractivity contribution >= 4 is 0 Å². The van der Waals surface area contributed by atoms with Crippen molar-refractivity contribution in [2.45, 2.75) is 128 Å². The van der Waals surface area contributed by atoms with Crippen LogP contribution in [0.25, 0.3) is 22.8 Å². The first-order chi connectivity index (χ1) is 30.9. The lowest BCUT2D eigenvalue weighted by Gasteiger charge is -2.29. The summed E-state index contributed by atoms with van der Waals surface area (Å²) in [6, 6.07) is 27.5. The van der Waals surface area contributed by atoms with Crippen LogP contribution in [0.2, 0.25) is 0 Å². The van der Waals surface area contributed by atoms with Crippen LogP contribution in [0.15, 0.2) is 122 Å². The maximum Gasteiger partial charge on any atom is 0.573 e. The molecular formula is C52H56F6N4O2. The van der Waals surface area contributed by atoms with Crippen LogP contribution in [0.4, 0.5) is 26.3 Å². The molecule has 4 aromatic carbocycles. The van der Waals surface area contributed by atoms with Gasteiger partial charge in [-0.15, -0.1) is 26.3 Å². The third-order valence-electron chi connectivity index (χ3n) is 11.5. The summed E-state index contributed by atoms with van der Waals surface area (Å²) < 4.78 is 87.2. The molecule has 2 heterocycles. The van der Waals surface area contributed by atoms with E-state index in [0.29, 0.717) is 24.5 Å². The Morgan fingerprint density at radius 1 is 0.406 bits per heavy atom. The summed E-state index contributed by atoms with van der Waals surface area (Å²) in [5, 5.41) is 0. The number of hydrogen-bond acceptors (Lipinski definition) is 6. The molecule has 6 aromatic rings. The second kappa shape index (κ2) is 23.2. The fourth-order valence-electron chi connectivity index (χ4n) is 8.04. The van der Waals surface area contributed by atoms with E-state index in [2.05, 4.69) is 43.3 Å². The van der Waals surface area contributed by atoms with Crippen LogP contribution in [0.5, 0.6) is 11.5 Å². The third-order valence-corrected chi connectivity index (χ3v) is 11.5. The monoisotopic (exact) mass is 882 g/mol. The molecule has 0 fully saturated rings. The van der Waals surface area contributed by atoms with Crippen molar-refractivity contribution in [3.8, 4) is 34.3 Å². The normalized spacial score (nSPS) is 12.8. The van der Waals surface area contributed by atoms with Gasteiger partial charge < -0.3 is 9.47 Å². The minimum absolute atomic E-state index is 0.300. The van der Waals surface area contributed by atoms with Crippen molar-refractivity contribution in [3.63, 3.8) is 0 Å². The van der Waals surface area contributed by atoms with Gasteiger partial charge in [-0.1, -0.05) is 138 Å². The fraction of sp³-hybridized carbons (Fsp3) is 0.385. The van der Waals surface area contributed by atoms with E-state index < -0.39 is 12.7 Å². The minimum atomic E-state index is -4.86. The van der Waals surface area contributed by atoms with Gasteiger partial charge in [0.05, 0.1) is 0 Å². The Bertz CT molecular complexity index is 2260. The zero-order valence-corrected chi connectivity index (χ0v) is 36.5. The lowest BCUT2D eigenvalue weighted by atomic mass is 9.75. The molecule has 0 spiro atoms. The number of aryl methyl sites for hydroxylation is 2. The standard InChI is InChI=1S/C52H56F6N4O2/c1-3-5-7-9-10-12-14-40-35-61-50(62-36-40)44-23-21-41(22-24-44)47(32-38-17-27-45(28-18-38)63-51(53,54)55)48(42-25-29-46(30-26-42)64-52(56,57)58)31-37-15-19-43(20-16-37)49-59-33-39(34-60-49)13-11-8-6-4-2/h15-30,33-36,47-48H,3-14,31-32H2,1-2H3. The summed E-state index contributed by atoms with van der Waals surface area (Å²) in [6.07, 6.45) is 12.4. The van der Waals surface area contributed by atoms with Crippen LogP contribution in [-0.4, -0.2) is 32.7 Å². The number of aromatic nitrogens is 4. The Balaban J connectivity index is 1.29. The largest absolute Gasteiger partial charge is 0.573 e. The molecule has 2 aromatic heterocycles. The molecular weight excluding hydrogens is 827 g/mol. The Kier molecular flexibility index (Phi) is 17.3. The van der Waals surface area contributed by atoms with Crippen molar-refractivity contribution in [2.24, 2.45) is 0 Å². The molecule has 64 heavy (non-hydrogen) atoms. The number of benzene rings is 4. The number of alkyl halides is 6. The fourth-order valence-corrected chi connectivity index (χ4v) is 8.04. The number of ether oxygens (including phenoxy) is 2. The van der Waals surface area contributed by atoms with E-state index in [0.717, 1.165) is 70.2 Å². The number of unbranched alkanes of at least 4 members (excludes halogenated alkanes) is 8. The van der Waals surface area contributed by atoms with Gasteiger partial charge in [0, 0.05) is 35.9 Å². The topological polar surface area (TPSA) is 70.0 Å². The van der Waals surface area contributed by atoms with Crippen molar-refractivity contribution in [2.75, 3.05) is 0 Å². The van der Waals surface area contributed by atoms with Crippen molar-refractivity contribution in [3.05, 3.63) is 155 Å². The summed E-state index contributed by atoms with van der Waals surface area (Å²) in [5.74, 6) is -0.108. The Morgan fingerprint density at radius 3 is 1.14 bits per heavy atom. The van der Waals surface area contributed by atoms with Crippen LogP contribution in [-0.2, 0) is 25.7 Å². The summed E-state index contributed by atoms with van der Waals surface area (Å²) in [5.41, 5.74) is 7.22. The second-order valence-electron chi connectivity index (χ2n) is 16.4. The highest BCUT2D eigenvalue weighted by atomic mass is 19.4. The summed E-state index contributed by atoms with van der Waals surface area (Å²) >= 11 is 0. The molecule has 0 aliphatic rings. The highest BCUT2D eigenvalue weighted by Gasteiger charge is 2.33. The van der Waals surface area contributed by atoms with E-state index >= 15 is 0 Å². The van der Waals surface area contributed by atoms with Gasteiger partial charge in [-0.05, 0) is 108 Å². The van der Waals surface area contributed by atoms with Crippen molar-refractivity contribution in [1.82, 2.24) is 19.9 Å². The molecule has 0 saturated heterocycles. The van der Waals surface area contributed by atoms with Gasteiger partial charge in [0.15, 0.2) is 11.6 Å². The number of halogens is 6. The zero-order valence-electron chi connectivity index (χ0n) is 36.5. The quantitative estimate of drug-likeness (QED) is 0.0472. The lowest BCUT2D eigenvalue weighted by molar-refractivity contribution is -0.275. The SMILES string of the molecule is CCCCCCCCc1cnc(-c2ccc(C(Cc3ccc(OC(F)(F)F)cc3)C(Cc3ccc(-c4ncc(CCCCCC)cn4)cc3)c3ccc(OC(F)(F)F)cc3)cc2)nc1. The van der Waals surface area contributed by atoms with Crippen LogP contribution >= 0.6 is 0 Å². The summed E-state index contributed by atoms with van der Waals surface area (Å²) in [6.45, 7) is 4.39. The van der Waals surface area contributed by atoms with Gasteiger partial charge in [-0.2, -0.15) is 0 Å². The Morgan fingerprint density at radius 2 is 0.734 bits per heavy atom. The molecule has 0 N–H and O–H groups in total. The molecule has 12 heteroatoms. The lowest BCUT2D eigenvalue weighted by Crippen LogP contribution is -2.19. The number of rotatable bonds is 23. The molecule has 0 amide bonds. The summed E-state index contributed by atoms with van der Waals surface area (Å²) in [7, 11) is 0. The van der Waals surface area contributed by atoms with Gasteiger partial charge in [0.25, 0.3) is 0 Å². The van der Waals surface area contributed by atoms with Crippen LogP contribution in [0.3, 0.4) is 0 Å². The van der Waals surface area contributed by atoms with Gasteiger partial charge in [-0.3, -0.25) is 0 Å². The third kappa shape index (κ3) is 15.2. The zero-order chi connectivity index (χ0) is 45.4. The Hall–Kier alpha value is -5.78. The average Bonchev–Trinajstić information content (AvgIpc) is 3.28. The van der Waals surface area contributed by atoms with E-state index in [1.165, 1.54) is 75.6 Å². The highest BCUT2D eigenvalue weighted by Crippen LogP contribution is 2.40. The number of nitrogens with zero attached hydrogens (tertiary/aromatic N) is 4. The van der Waals surface area contributed by atoms with E-state index in [4.69, 9.17) is 0 Å². The molecule has 2 atom stereocenters. The van der Waals surface area contributed by atoms with Crippen molar-refractivity contribution < 1.29 is 35.8 Å². The molecule has 2 unspecified atom stereocenters. The predicted molar refractivity (Wildman–Crippen MR) is 239 cm³/mol. The maximum absolute atomic E-state index is 13.2. The maximum atomic E-state index is 13.2. The summed E-state index contributed by atoms with van der Waals surface area (Å²) in [4.78, 5) is 18.6. The Labute approximate surface area is 372 Å². The molecule has 338 valence electrons. The smallest absolute Gasteiger partial charge is 0.406 e. The van der Waals surface area contributed by atoms with Gasteiger partial charge in [-0.25, -0.2) is 19.9 Å². The van der Waals surface area contributed by atoms with Gasteiger partial charge >= 0.3 is 12.7 Å². The molecule has 0 radical (unpaired) electrons. The van der Waals surface area contributed by atoms with E-state index in [9.17, 15) is 26.3 Å². The van der Waals surface area contributed by atoms with E-state index in [-0.39, 0.29) is 23.3 Å². The molecule has 0 bridgehead atoms. The van der Waals surface area contributed by atoms with Gasteiger partial charge in [0.2, 0.25) is 0 Å². The molecule has 0 saturated carbocycles. The first-order valence-electron chi connectivity index (χ1n) is 22.4. The predicted octanol–water partition coefficient (Wildman–Crippen LogP) is 14.8. The molecule has 0 aliphatic heterocycles. The second-order valence-corrected chi connectivity index (χ2v) is 16.4. The van der Waals surface area contributed by atoms with Crippen LogP contribution < -0.4 is 9.47 Å². The van der Waals surface area contributed by atoms with Crippen molar-refractivity contribution in [1.29, 1.82) is 0 Å². The molecule has 6 nitrogen and oxygen atoms in total. The van der Waals surface area contributed by atoms with Gasteiger partial charge in [0.1, 0.15) is 11.5 Å². The minimum Gasteiger partial charge on any atom is -0.406 e. The van der Waals surface area contributed by atoms with Crippen LogP contribution in [0.1, 0.15) is 123 Å². The van der Waals surface area contributed by atoms with E-state index in [1.54, 1.807) is 24.3 Å². The first-order valence-corrected chi connectivity index (χ1v) is 22.4. The average molecular weight is 883 g/mol. The molecule has 0 aliphatic carbocycles.